The van der Waals surface area contributed by atoms with Crippen molar-refractivity contribution in [1.29, 1.82) is 5.41 Å². The molecule has 9 heteroatoms. The summed E-state index contributed by atoms with van der Waals surface area (Å²) < 4.78 is 32.7. The topological polar surface area (TPSA) is 66.8 Å². The molecule has 6 nitrogen and oxygen atoms in total. The van der Waals surface area contributed by atoms with Crippen LogP contribution in [0.1, 0.15) is 31.2 Å². The van der Waals surface area contributed by atoms with E-state index in [0.717, 1.165) is 43.4 Å². The molecule has 3 aliphatic rings. The van der Waals surface area contributed by atoms with Crippen LogP contribution in [-0.2, 0) is 9.47 Å². The first-order valence-corrected chi connectivity index (χ1v) is 14.1. The number of allylic oxidation sites excluding steroid dienone is 5. The number of morpholine rings is 1. The average Bonchev–Trinajstić information content (AvgIpc) is 3.13. The second-order valence-electron chi connectivity index (χ2n) is 9.82. The zero-order chi connectivity index (χ0) is 26.6. The third kappa shape index (κ3) is 5.70. The van der Waals surface area contributed by atoms with Gasteiger partial charge >= 0.3 is 0 Å². The second kappa shape index (κ2) is 12.3. The molecule has 0 saturated carbocycles. The molecule has 2 N–H and O–H groups in total. The van der Waals surface area contributed by atoms with Gasteiger partial charge in [0.2, 0.25) is 0 Å². The van der Waals surface area contributed by atoms with Crippen molar-refractivity contribution in [2.24, 2.45) is 0 Å². The Morgan fingerprint density at radius 2 is 1.97 bits per heavy atom. The van der Waals surface area contributed by atoms with Crippen molar-refractivity contribution in [3.05, 3.63) is 69.1 Å². The largest absolute Gasteiger partial charge is 0.468 e. The number of rotatable bonds is 10. The molecule has 5 rings (SSSR count). The number of ether oxygens (including phenoxy) is 3. The highest BCUT2D eigenvalue weighted by Gasteiger charge is 2.36. The molecule has 2 aliphatic heterocycles. The molecule has 2 atom stereocenters. The molecule has 202 valence electrons. The molecule has 2 saturated heterocycles. The van der Waals surface area contributed by atoms with Gasteiger partial charge in [-0.1, -0.05) is 35.9 Å². The predicted molar refractivity (Wildman–Crippen MR) is 154 cm³/mol. The van der Waals surface area contributed by atoms with Crippen LogP contribution in [0.15, 0.2) is 63.5 Å². The number of nitrogens with one attached hydrogen (secondary N) is 2. The summed E-state index contributed by atoms with van der Waals surface area (Å²) in [6.07, 6.45) is 6.14. The smallest absolute Gasteiger partial charge is 0.188 e. The van der Waals surface area contributed by atoms with E-state index in [-0.39, 0.29) is 23.1 Å². The van der Waals surface area contributed by atoms with Gasteiger partial charge in [-0.15, -0.1) is 0 Å². The molecule has 2 fully saturated rings. The molecule has 2 unspecified atom stereocenters. The number of nitrogens with zero attached hydrogens (tertiary/aromatic N) is 1. The number of hydrogen-bond acceptors (Lipinski definition) is 6. The normalized spacial score (nSPS) is 23.2. The van der Waals surface area contributed by atoms with Gasteiger partial charge in [0.05, 0.1) is 22.9 Å². The Balaban J connectivity index is 1.29. The van der Waals surface area contributed by atoms with Crippen LogP contribution in [0.5, 0.6) is 5.75 Å². The van der Waals surface area contributed by atoms with Crippen molar-refractivity contribution < 1.29 is 18.6 Å². The molecule has 2 heterocycles. The van der Waals surface area contributed by atoms with Gasteiger partial charge in [0.25, 0.3) is 0 Å². The third-order valence-electron chi connectivity index (χ3n) is 7.42. The second-order valence-corrected chi connectivity index (χ2v) is 11.0. The van der Waals surface area contributed by atoms with Gasteiger partial charge in [0.1, 0.15) is 11.5 Å². The maximum absolute atomic E-state index is 15.8. The number of unbranched alkanes of at least 4 members (excludes halogenated alkanes) is 1. The summed E-state index contributed by atoms with van der Waals surface area (Å²) in [7, 11) is 1.54. The van der Waals surface area contributed by atoms with Crippen LogP contribution in [0.3, 0.4) is 0 Å². The lowest BCUT2D eigenvalue weighted by atomic mass is 9.91. The molecule has 2 bridgehead atoms. The van der Waals surface area contributed by atoms with E-state index in [9.17, 15) is 0 Å². The van der Waals surface area contributed by atoms with E-state index in [1.165, 1.54) is 12.8 Å². The molecule has 0 aromatic heterocycles. The van der Waals surface area contributed by atoms with Crippen LogP contribution < -0.4 is 10.1 Å². The molecule has 2 aromatic rings. The number of hydrogen-bond donors (Lipinski definition) is 2. The van der Waals surface area contributed by atoms with Crippen molar-refractivity contribution in [2.45, 2.75) is 37.8 Å². The Bertz CT molecular complexity index is 1300. The Morgan fingerprint density at radius 3 is 2.74 bits per heavy atom. The minimum absolute atomic E-state index is 0.0673. The highest BCUT2D eigenvalue weighted by molar-refractivity contribution is 9.11. The Kier molecular flexibility index (Phi) is 8.85. The van der Waals surface area contributed by atoms with E-state index in [0.29, 0.717) is 40.1 Å². The van der Waals surface area contributed by atoms with Crippen molar-refractivity contribution in [2.75, 3.05) is 40.2 Å². The fourth-order valence-corrected chi connectivity index (χ4v) is 6.33. The van der Waals surface area contributed by atoms with Gasteiger partial charge < -0.3 is 19.5 Å². The molecule has 2 aromatic carbocycles. The highest BCUT2D eigenvalue weighted by Crippen LogP contribution is 2.42. The minimum atomic E-state index is -0.678. The molecule has 38 heavy (non-hydrogen) atoms. The van der Waals surface area contributed by atoms with Crippen LogP contribution in [0.4, 0.5) is 4.39 Å². The Morgan fingerprint density at radius 1 is 1.21 bits per heavy atom. The van der Waals surface area contributed by atoms with Crippen LogP contribution >= 0.6 is 27.5 Å². The Hall–Kier alpha value is -2.23. The van der Waals surface area contributed by atoms with E-state index >= 15 is 4.39 Å². The zero-order valence-corrected chi connectivity index (χ0v) is 23.7. The summed E-state index contributed by atoms with van der Waals surface area (Å²) in [5, 5.41) is 13.8. The van der Waals surface area contributed by atoms with E-state index in [2.05, 4.69) is 26.1 Å². The summed E-state index contributed by atoms with van der Waals surface area (Å²) in [6.45, 7) is 3.55. The number of methoxy groups -OCH3 is 1. The lowest BCUT2D eigenvalue weighted by Crippen LogP contribution is -2.46. The lowest BCUT2D eigenvalue weighted by Gasteiger charge is -2.34. The van der Waals surface area contributed by atoms with Crippen molar-refractivity contribution in [3.8, 4) is 5.75 Å². The maximum atomic E-state index is 15.8. The predicted octanol–water partition coefficient (Wildman–Crippen LogP) is 6.50. The maximum Gasteiger partial charge on any atom is 0.188 e. The first kappa shape index (κ1) is 27.3. The number of benzene rings is 2. The van der Waals surface area contributed by atoms with Crippen LogP contribution in [0.2, 0.25) is 0 Å². The van der Waals surface area contributed by atoms with Gasteiger partial charge in [0.15, 0.2) is 12.6 Å². The Labute approximate surface area is 236 Å². The molecular weight excluding hydrogens is 573 g/mol. The van der Waals surface area contributed by atoms with Gasteiger partial charge in [0, 0.05) is 36.9 Å². The summed E-state index contributed by atoms with van der Waals surface area (Å²) in [5.41, 5.74) is 0.914. The van der Waals surface area contributed by atoms with E-state index < -0.39 is 5.83 Å². The standard InChI is InChI=1S/C29H32BrClFN3O3/c1-36-17-38-21-12-18-6-2-3-7-22(18)23(13-21)26-25(31)14-24(28(33)27(26)32)29(30)34-10-4-5-11-35-19-8-9-20(35)16-37-15-19/h2-3,6-7,12-14,19-20,33-34H,4-5,8-11,15-17H2,1H3/b29-24-,33-28?. The van der Waals surface area contributed by atoms with Crippen molar-refractivity contribution >= 4 is 49.6 Å². The summed E-state index contributed by atoms with van der Waals surface area (Å²) in [4.78, 5) is 2.59. The fourth-order valence-electron chi connectivity index (χ4n) is 5.53. The number of halogens is 3. The van der Waals surface area contributed by atoms with E-state index in [4.69, 9.17) is 31.2 Å². The quantitative estimate of drug-likeness (QED) is 0.184. The molecule has 1 aliphatic carbocycles. The van der Waals surface area contributed by atoms with Gasteiger partial charge in [-0.3, -0.25) is 10.3 Å². The average molecular weight is 605 g/mol. The van der Waals surface area contributed by atoms with Crippen LogP contribution in [-0.4, -0.2) is 62.9 Å². The van der Waals surface area contributed by atoms with E-state index in [1.54, 1.807) is 19.3 Å². The van der Waals surface area contributed by atoms with Crippen molar-refractivity contribution in [1.82, 2.24) is 10.2 Å². The SMILES string of the molecule is COCOc1cc(C2=C(F)C(=N)/C(=C(/Br)NCCCCN3C4CCC3COC4)C=C2Cl)c2ccccc2c1. The number of fused-ring (bicyclic) bond motifs is 3. The van der Waals surface area contributed by atoms with Crippen LogP contribution in [0.25, 0.3) is 16.3 Å². The van der Waals surface area contributed by atoms with Gasteiger partial charge in [-0.05, 0) is 82.7 Å². The van der Waals surface area contributed by atoms with Gasteiger partial charge in [-0.25, -0.2) is 4.39 Å². The molecular formula is C29H32BrClFN3O3. The van der Waals surface area contributed by atoms with Crippen LogP contribution in [0, 0.1) is 5.41 Å². The van der Waals surface area contributed by atoms with Crippen molar-refractivity contribution in [3.63, 3.8) is 0 Å². The third-order valence-corrected chi connectivity index (χ3v) is 8.42. The highest BCUT2D eigenvalue weighted by atomic mass is 79.9. The molecule has 0 radical (unpaired) electrons. The summed E-state index contributed by atoms with van der Waals surface area (Å²) in [6, 6.07) is 12.4. The van der Waals surface area contributed by atoms with Gasteiger partial charge in [-0.2, -0.15) is 0 Å². The molecule has 0 amide bonds. The first-order valence-electron chi connectivity index (χ1n) is 13.0. The monoisotopic (exact) mass is 603 g/mol. The molecule has 0 spiro atoms. The van der Waals surface area contributed by atoms with E-state index in [1.807, 2.05) is 30.3 Å². The summed E-state index contributed by atoms with van der Waals surface area (Å²) in [5.74, 6) is -0.144. The summed E-state index contributed by atoms with van der Waals surface area (Å²) >= 11 is 10.2. The lowest BCUT2D eigenvalue weighted by molar-refractivity contribution is -0.0149. The minimum Gasteiger partial charge on any atom is -0.468 e. The zero-order valence-electron chi connectivity index (χ0n) is 21.4. The fraction of sp³-hybridized carbons (Fsp3) is 0.414. The first-order chi connectivity index (χ1) is 18.5.